The van der Waals surface area contributed by atoms with Gasteiger partial charge in [0.2, 0.25) is 0 Å². The van der Waals surface area contributed by atoms with Crippen molar-refractivity contribution in [2.45, 2.75) is 46.7 Å². The van der Waals surface area contributed by atoms with E-state index in [2.05, 4.69) is 27.7 Å². The van der Waals surface area contributed by atoms with Gasteiger partial charge in [0.1, 0.15) is 5.76 Å². The Morgan fingerprint density at radius 3 is 2.44 bits per heavy atom. The molecule has 0 aliphatic carbocycles. The van der Waals surface area contributed by atoms with E-state index in [9.17, 15) is 10.1 Å². The highest BCUT2D eigenvalue weighted by atomic mass is 127. The highest BCUT2D eigenvalue weighted by molar-refractivity contribution is 14.0. The predicted molar refractivity (Wildman–Crippen MR) is 115 cm³/mol. The Kier molecular flexibility index (Phi) is 9.76. The number of aromatic nitrogens is 1. The molecule has 0 bridgehead atoms. The van der Waals surface area contributed by atoms with E-state index in [0.29, 0.717) is 19.0 Å². The van der Waals surface area contributed by atoms with Gasteiger partial charge in [-0.1, -0.05) is 31.1 Å². The maximum absolute atomic E-state index is 10.7. The van der Waals surface area contributed by atoms with Crippen molar-refractivity contribution in [3.8, 4) is 0 Å². The van der Waals surface area contributed by atoms with Crippen LogP contribution >= 0.6 is 24.0 Å². The van der Waals surface area contributed by atoms with Gasteiger partial charge in [0, 0.05) is 37.2 Å². The van der Waals surface area contributed by atoms with Gasteiger partial charge < -0.3 is 15.2 Å². The average Bonchev–Trinajstić information content (AvgIpc) is 3.06. The lowest BCUT2D eigenvalue weighted by molar-refractivity contribution is -0.384. The normalized spacial score (nSPS) is 11.0. The van der Waals surface area contributed by atoms with Crippen molar-refractivity contribution in [1.29, 1.82) is 0 Å². The third kappa shape index (κ3) is 6.49. The predicted octanol–water partition coefficient (Wildman–Crippen LogP) is 3.58. The summed E-state index contributed by atoms with van der Waals surface area (Å²) >= 11 is 0. The standard InChI is InChI=1S/C18H25N5O3.HI/c1-4-16-15(17(5-2)26-22-16)12-21-18(19-6-3)20-11-13-7-9-14(10-8-13)23(24)25;/h7-10H,4-6,11-12H2,1-3H3,(H2,19,20,21);1H. The summed E-state index contributed by atoms with van der Waals surface area (Å²) in [5.74, 6) is 1.57. The Balaban J connectivity index is 0.00000364. The third-order valence-corrected chi connectivity index (χ3v) is 3.95. The van der Waals surface area contributed by atoms with Crippen molar-refractivity contribution in [2.24, 2.45) is 4.99 Å². The molecule has 0 atom stereocenters. The van der Waals surface area contributed by atoms with E-state index in [1.165, 1.54) is 12.1 Å². The zero-order valence-corrected chi connectivity index (χ0v) is 18.1. The van der Waals surface area contributed by atoms with Crippen molar-refractivity contribution >= 4 is 35.6 Å². The van der Waals surface area contributed by atoms with E-state index in [0.717, 1.165) is 42.0 Å². The molecule has 0 radical (unpaired) electrons. The summed E-state index contributed by atoms with van der Waals surface area (Å²) in [5, 5.41) is 21.3. The average molecular weight is 487 g/mol. The molecule has 0 amide bonds. The molecule has 1 aromatic carbocycles. The number of nitro benzene ring substituents is 1. The number of aliphatic imine (C=N–C) groups is 1. The number of non-ortho nitro benzene ring substituents is 1. The molecule has 0 saturated carbocycles. The van der Waals surface area contributed by atoms with Crippen LogP contribution in [0, 0.1) is 10.1 Å². The molecule has 27 heavy (non-hydrogen) atoms. The van der Waals surface area contributed by atoms with Gasteiger partial charge in [-0.15, -0.1) is 24.0 Å². The summed E-state index contributed by atoms with van der Waals surface area (Å²) in [7, 11) is 0. The van der Waals surface area contributed by atoms with Gasteiger partial charge in [-0.05, 0) is 18.9 Å². The summed E-state index contributed by atoms with van der Waals surface area (Å²) in [5.41, 5.74) is 3.02. The number of hydrogen-bond acceptors (Lipinski definition) is 5. The molecule has 0 aliphatic rings. The number of aryl methyl sites for hydroxylation is 2. The van der Waals surface area contributed by atoms with Crippen LogP contribution in [0.15, 0.2) is 33.8 Å². The molecule has 0 aliphatic heterocycles. The van der Waals surface area contributed by atoms with Crippen LogP contribution in [-0.2, 0) is 25.9 Å². The van der Waals surface area contributed by atoms with Crippen LogP contribution in [-0.4, -0.2) is 22.6 Å². The molecule has 8 nitrogen and oxygen atoms in total. The second-order valence-electron chi connectivity index (χ2n) is 5.71. The van der Waals surface area contributed by atoms with E-state index in [-0.39, 0.29) is 29.7 Å². The summed E-state index contributed by atoms with van der Waals surface area (Å²) in [4.78, 5) is 14.8. The molecule has 0 fully saturated rings. The first-order valence-corrected chi connectivity index (χ1v) is 8.80. The van der Waals surface area contributed by atoms with Crippen molar-refractivity contribution in [1.82, 2.24) is 15.8 Å². The minimum Gasteiger partial charge on any atom is -0.361 e. The maximum Gasteiger partial charge on any atom is 0.269 e. The minimum atomic E-state index is -0.408. The first kappa shape index (κ1) is 22.9. The van der Waals surface area contributed by atoms with E-state index in [1.807, 2.05) is 13.8 Å². The van der Waals surface area contributed by atoms with Gasteiger partial charge in [0.05, 0.1) is 17.2 Å². The molecular weight excluding hydrogens is 461 g/mol. The van der Waals surface area contributed by atoms with Gasteiger partial charge in [-0.25, -0.2) is 4.99 Å². The lowest BCUT2D eigenvalue weighted by Crippen LogP contribution is -2.37. The quantitative estimate of drug-likeness (QED) is 0.194. The lowest BCUT2D eigenvalue weighted by atomic mass is 10.1. The van der Waals surface area contributed by atoms with Crippen LogP contribution < -0.4 is 10.6 Å². The molecule has 1 aromatic heterocycles. The van der Waals surface area contributed by atoms with Crippen LogP contribution in [0.2, 0.25) is 0 Å². The van der Waals surface area contributed by atoms with Crippen LogP contribution in [0.25, 0.3) is 0 Å². The molecule has 0 unspecified atom stereocenters. The topological polar surface area (TPSA) is 106 Å². The molecule has 1 heterocycles. The Morgan fingerprint density at radius 1 is 1.19 bits per heavy atom. The molecular formula is C18H26IN5O3. The fourth-order valence-corrected chi connectivity index (χ4v) is 2.55. The Hall–Kier alpha value is -2.17. The number of rotatable bonds is 8. The summed E-state index contributed by atoms with van der Waals surface area (Å²) in [6.45, 7) is 7.83. The molecule has 9 heteroatoms. The molecule has 148 valence electrons. The highest BCUT2D eigenvalue weighted by Crippen LogP contribution is 2.15. The second kappa shape index (κ2) is 11.5. The molecule has 2 aromatic rings. The van der Waals surface area contributed by atoms with Gasteiger partial charge in [-0.2, -0.15) is 0 Å². The first-order valence-electron chi connectivity index (χ1n) is 8.80. The number of benzene rings is 1. The van der Waals surface area contributed by atoms with Gasteiger partial charge in [-0.3, -0.25) is 10.1 Å². The van der Waals surface area contributed by atoms with Crippen molar-refractivity contribution in [3.63, 3.8) is 0 Å². The Labute approximate surface area is 176 Å². The molecule has 0 spiro atoms. The molecule has 0 saturated heterocycles. The summed E-state index contributed by atoms with van der Waals surface area (Å²) in [6.07, 6.45) is 1.61. The van der Waals surface area contributed by atoms with Crippen LogP contribution in [0.3, 0.4) is 0 Å². The summed E-state index contributed by atoms with van der Waals surface area (Å²) in [6, 6.07) is 6.41. The van der Waals surface area contributed by atoms with Gasteiger partial charge in [0.15, 0.2) is 5.96 Å². The number of halogens is 1. The van der Waals surface area contributed by atoms with Crippen LogP contribution in [0.4, 0.5) is 5.69 Å². The number of nitrogens with zero attached hydrogens (tertiary/aromatic N) is 3. The van der Waals surface area contributed by atoms with Gasteiger partial charge >= 0.3 is 0 Å². The lowest BCUT2D eigenvalue weighted by Gasteiger charge is -2.11. The van der Waals surface area contributed by atoms with E-state index in [4.69, 9.17) is 4.52 Å². The highest BCUT2D eigenvalue weighted by Gasteiger charge is 2.13. The number of nitro groups is 1. The second-order valence-corrected chi connectivity index (χ2v) is 5.71. The van der Waals surface area contributed by atoms with E-state index < -0.39 is 4.92 Å². The Bertz CT molecular complexity index is 737. The van der Waals surface area contributed by atoms with E-state index in [1.54, 1.807) is 12.1 Å². The fraction of sp³-hybridized carbons (Fsp3) is 0.444. The maximum atomic E-state index is 10.7. The fourth-order valence-electron chi connectivity index (χ4n) is 2.55. The van der Waals surface area contributed by atoms with Crippen molar-refractivity contribution in [2.75, 3.05) is 6.54 Å². The van der Waals surface area contributed by atoms with Crippen molar-refractivity contribution < 1.29 is 9.45 Å². The molecule has 2 rings (SSSR count). The summed E-state index contributed by atoms with van der Waals surface area (Å²) < 4.78 is 5.38. The monoisotopic (exact) mass is 487 g/mol. The zero-order chi connectivity index (χ0) is 18.9. The SMILES string of the molecule is CCNC(=NCc1ccc([N+](=O)[O-])cc1)NCc1c(CC)noc1CC.I. The smallest absolute Gasteiger partial charge is 0.269 e. The number of nitrogens with one attached hydrogen (secondary N) is 2. The third-order valence-electron chi connectivity index (χ3n) is 3.95. The largest absolute Gasteiger partial charge is 0.361 e. The van der Waals surface area contributed by atoms with Gasteiger partial charge in [0.25, 0.3) is 5.69 Å². The number of guanidine groups is 1. The van der Waals surface area contributed by atoms with Crippen LogP contribution in [0.1, 0.15) is 43.4 Å². The minimum absolute atomic E-state index is 0. The van der Waals surface area contributed by atoms with Crippen LogP contribution in [0.5, 0.6) is 0 Å². The van der Waals surface area contributed by atoms with Crippen molar-refractivity contribution in [3.05, 3.63) is 57.0 Å². The van der Waals surface area contributed by atoms with E-state index >= 15 is 0 Å². The zero-order valence-electron chi connectivity index (χ0n) is 15.8. The molecule has 2 N–H and O–H groups in total. The number of hydrogen-bond donors (Lipinski definition) is 2. The first-order chi connectivity index (χ1) is 12.6. The Morgan fingerprint density at radius 2 is 1.89 bits per heavy atom.